The topological polar surface area (TPSA) is 12.9 Å². The van der Waals surface area contributed by atoms with Crippen LogP contribution in [0.2, 0.25) is 0 Å². The molecule has 2 aromatic rings. The van der Waals surface area contributed by atoms with E-state index in [2.05, 4.69) is 43.1 Å². The summed E-state index contributed by atoms with van der Waals surface area (Å²) in [5.41, 5.74) is 3.70. The van der Waals surface area contributed by atoms with Gasteiger partial charge in [-0.15, -0.1) is 0 Å². The largest absolute Gasteiger partial charge is 0.256 e. The van der Waals surface area contributed by atoms with Gasteiger partial charge in [0, 0.05) is 11.6 Å². The van der Waals surface area contributed by atoms with Crippen molar-refractivity contribution in [2.24, 2.45) is 0 Å². The minimum Gasteiger partial charge on any atom is -0.256 e. The van der Waals surface area contributed by atoms with Gasteiger partial charge < -0.3 is 0 Å². The quantitative estimate of drug-likeness (QED) is 0.642. The van der Waals surface area contributed by atoms with E-state index in [-0.39, 0.29) is 0 Å². The first kappa shape index (κ1) is 8.24. The second-order valence-corrected chi connectivity index (χ2v) is 3.36. The Bertz CT molecular complexity index is 432. The first-order valence-corrected chi connectivity index (χ1v) is 4.65. The monoisotopic (exact) mass is 171 g/mol. The van der Waals surface area contributed by atoms with Crippen molar-refractivity contribution in [2.45, 2.75) is 20.3 Å². The van der Waals surface area contributed by atoms with Crippen LogP contribution in [0.5, 0.6) is 0 Å². The summed E-state index contributed by atoms with van der Waals surface area (Å²) in [4.78, 5) is 4.45. The molecule has 0 fully saturated rings. The van der Waals surface area contributed by atoms with Crippen LogP contribution in [0, 0.1) is 6.92 Å². The third-order valence-electron chi connectivity index (χ3n) is 2.31. The maximum absolute atomic E-state index is 4.45. The Kier molecular flexibility index (Phi) is 2.01. The highest BCUT2D eigenvalue weighted by Gasteiger charge is 1.99. The standard InChI is InChI=1S/C12H13N/c1-3-10-5-4-6-11-7-9(2)8-13-12(10)11/h4-8H,3H2,1-2H3. The second kappa shape index (κ2) is 3.17. The van der Waals surface area contributed by atoms with Crippen LogP contribution in [-0.2, 0) is 6.42 Å². The summed E-state index contributed by atoms with van der Waals surface area (Å²) in [7, 11) is 0. The highest BCUT2D eigenvalue weighted by atomic mass is 14.7. The summed E-state index contributed by atoms with van der Waals surface area (Å²) >= 11 is 0. The van der Waals surface area contributed by atoms with Crippen LogP contribution in [0.15, 0.2) is 30.5 Å². The summed E-state index contributed by atoms with van der Waals surface area (Å²) < 4.78 is 0. The van der Waals surface area contributed by atoms with Crippen molar-refractivity contribution in [3.8, 4) is 0 Å². The lowest BCUT2D eigenvalue weighted by molar-refractivity contribution is 1.14. The van der Waals surface area contributed by atoms with Crippen LogP contribution in [0.1, 0.15) is 18.1 Å². The summed E-state index contributed by atoms with van der Waals surface area (Å²) in [6.45, 7) is 4.24. The van der Waals surface area contributed by atoms with Crippen molar-refractivity contribution >= 4 is 10.9 Å². The third kappa shape index (κ3) is 1.42. The number of para-hydroxylation sites is 1. The van der Waals surface area contributed by atoms with Gasteiger partial charge in [0.2, 0.25) is 0 Å². The lowest BCUT2D eigenvalue weighted by Gasteiger charge is -2.03. The Morgan fingerprint density at radius 1 is 1.31 bits per heavy atom. The van der Waals surface area contributed by atoms with Crippen LogP contribution < -0.4 is 0 Å². The number of rotatable bonds is 1. The molecule has 0 bridgehead atoms. The number of fused-ring (bicyclic) bond motifs is 1. The van der Waals surface area contributed by atoms with E-state index < -0.39 is 0 Å². The fourth-order valence-electron chi connectivity index (χ4n) is 1.62. The smallest absolute Gasteiger partial charge is 0.0733 e. The van der Waals surface area contributed by atoms with Crippen molar-refractivity contribution in [3.05, 3.63) is 41.6 Å². The van der Waals surface area contributed by atoms with Crippen LogP contribution in [0.25, 0.3) is 10.9 Å². The minimum absolute atomic E-state index is 1.05. The molecule has 0 saturated carbocycles. The van der Waals surface area contributed by atoms with Gasteiger partial charge in [-0.05, 0) is 30.5 Å². The Balaban J connectivity index is 2.77. The highest BCUT2D eigenvalue weighted by Crippen LogP contribution is 2.17. The zero-order valence-corrected chi connectivity index (χ0v) is 8.04. The predicted molar refractivity (Wildman–Crippen MR) is 55.9 cm³/mol. The van der Waals surface area contributed by atoms with E-state index >= 15 is 0 Å². The normalized spacial score (nSPS) is 10.6. The highest BCUT2D eigenvalue weighted by molar-refractivity contribution is 5.82. The van der Waals surface area contributed by atoms with Gasteiger partial charge in [-0.25, -0.2) is 0 Å². The van der Waals surface area contributed by atoms with Gasteiger partial charge in [-0.1, -0.05) is 25.1 Å². The van der Waals surface area contributed by atoms with E-state index in [0.717, 1.165) is 11.9 Å². The molecule has 1 aromatic heterocycles. The Labute approximate surface area is 78.4 Å². The maximum Gasteiger partial charge on any atom is 0.0733 e. The molecular formula is C12H13N. The zero-order valence-electron chi connectivity index (χ0n) is 8.04. The lowest BCUT2D eigenvalue weighted by atomic mass is 10.1. The molecule has 1 aromatic carbocycles. The Morgan fingerprint density at radius 2 is 2.15 bits per heavy atom. The summed E-state index contributed by atoms with van der Waals surface area (Å²) in [5, 5.41) is 1.25. The minimum atomic E-state index is 1.05. The molecular weight excluding hydrogens is 158 g/mol. The third-order valence-corrected chi connectivity index (χ3v) is 2.31. The molecule has 66 valence electrons. The summed E-state index contributed by atoms with van der Waals surface area (Å²) in [6, 6.07) is 8.54. The summed E-state index contributed by atoms with van der Waals surface area (Å²) in [6.07, 6.45) is 2.98. The first-order chi connectivity index (χ1) is 6.31. The van der Waals surface area contributed by atoms with Gasteiger partial charge in [0.1, 0.15) is 0 Å². The molecule has 0 saturated heterocycles. The van der Waals surface area contributed by atoms with Crippen molar-refractivity contribution in [2.75, 3.05) is 0 Å². The van der Waals surface area contributed by atoms with E-state index in [1.165, 1.54) is 16.5 Å². The SMILES string of the molecule is CCc1cccc2cc(C)cnc12. The fourth-order valence-corrected chi connectivity index (χ4v) is 1.62. The first-order valence-electron chi connectivity index (χ1n) is 4.65. The molecule has 0 radical (unpaired) electrons. The van der Waals surface area contributed by atoms with Crippen molar-refractivity contribution in [1.29, 1.82) is 0 Å². The molecule has 0 N–H and O–H groups in total. The molecule has 0 aliphatic heterocycles. The number of aromatic nitrogens is 1. The van der Waals surface area contributed by atoms with Crippen LogP contribution in [-0.4, -0.2) is 4.98 Å². The molecule has 0 atom stereocenters. The van der Waals surface area contributed by atoms with E-state index in [1.807, 2.05) is 6.20 Å². The number of benzene rings is 1. The molecule has 0 spiro atoms. The van der Waals surface area contributed by atoms with Gasteiger partial charge in [-0.3, -0.25) is 4.98 Å². The average molecular weight is 171 g/mol. The van der Waals surface area contributed by atoms with Gasteiger partial charge >= 0.3 is 0 Å². The molecule has 13 heavy (non-hydrogen) atoms. The molecule has 0 aliphatic rings. The van der Waals surface area contributed by atoms with E-state index in [4.69, 9.17) is 0 Å². The van der Waals surface area contributed by atoms with E-state index in [0.29, 0.717) is 0 Å². The number of pyridine rings is 1. The Morgan fingerprint density at radius 3 is 2.92 bits per heavy atom. The fraction of sp³-hybridized carbons (Fsp3) is 0.250. The predicted octanol–water partition coefficient (Wildman–Crippen LogP) is 3.11. The number of hydrogen-bond acceptors (Lipinski definition) is 1. The van der Waals surface area contributed by atoms with Crippen LogP contribution >= 0.6 is 0 Å². The van der Waals surface area contributed by atoms with Gasteiger partial charge in [-0.2, -0.15) is 0 Å². The van der Waals surface area contributed by atoms with Crippen LogP contribution in [0.3, 0.4) is 0 Å². The van der Waals surface area contributed by atoms with Crippen molar-refractivity contribution in [1.82, 2.24) is 4.98 Å². The second-order valence-electron chi connectivity index (χ2n) is 3.36. The zero-order chi connectivity index (χ0) is 9.26. The van der Waals surface area contributed by atoms with Crippen molar-refractivity contribution < 1.29 is 0 Å². The Hall–Kier alpha value is -1.37. The molecule has 2 rings (SSSR count). The van der Waals surface area contributed by atoms with Gasteiger partial charge in [0.05, 0.1) is 5.52 Å². The molecule has 0 aliphatic carbocycles. The van der Waals surface area contributed by atoms with Gasteiger partial charge in [0.15, 0.2) is 0 Å². The number of aryl methyl sites for hydroxylation is 2. The molecule has 1 heterocycles. The number of nitrogens with zero attached hydrogens (tertiary/aromatic N) is 1. The maximum atomic E-state index is 4.45. The van der Waals surface area contributed by atoms with Crippen LogP contribution in [0.4, 0.5) is 0 Å². The lowest BCUT2D eigenvalue weighted by Crippen LogP contribution is -1.87. The molecule has 0 amide bonds. The van der Waals surface area contributed by atoms with Crippen molar-refractivity contribution in [3.63, 3.8) is 0 Å². The van der Waals surface area contributed by atoms with E-state index in [1.54, 1.807) is 0 Å². The average Bonchev–Trinajstić information content (AvgIpc) is 2.16. The summed E-state index contributed by atoms with van der Waals surface area (Å²) in [5.74, 6) is 0. The molecule has 0 unspecified atom stereocenters. The van der Waals surface area contributed by atoms with Gasteiger partial charge in [0.25, 0.3) is 0 Å². The molecule has 1 heteroatoms. The van der Waals surface area contributed by atoms with E-state index in [9.17, 15) is 0 Å². The molecule has 1 nitrogen and oxygen atoms in total. The number of hydrogen-bond donors (Lipinski definition) is 0.